The minimum absolute atomic E-state index is 1.07. The molecule has 0 spiro atoms. The number of anilines is 3. The van der Waals surface area contributed by atoms with Crippen molar-refractivity contribution in [3.8, 4) is 0 Å². The maximum absolute atomic E-state index is 3.24. The van der Waals surface area contributed by atoms with Crippen LogP contribution in [0.2, 0.25) is 0 Å². The number of nitrogens with zero attached hydrogens (tertiary/aromatic N) is 1. The Morgan fingerprint density at radius 1 is 0.607 bits per heavy atom. The zero-order valence-electron chi connectivity index (χ0n) is 15.7. The van der Waals surface area contributed by atoms with Crippen LogP contribution < -0.4 is 4.90 Å². The average molecular weight is 357 g/mol. The van der Waals surface area contributed by atoms with Crippen molar-refractivity contribution in [3.63, 3.8) is 0 Å². The second kappa shape index (κ2) is 6.76. The van der Waals surface area contributed by atoms with Gasteiger partial charge >= 0.3 is 0 Å². The van der Waals surface area contributed by atoms with Gasteiger partial charge in [-0.3, -0.25) is 0 Å². The van der Waals surface area contributed by atoms with Gasteiger partial charge in [0.05, 0.1) is 0 Å². The standard InChI is InChI=1S/C27H19N/c1-20-10-14-25(15-11-20)28(26-16-12-21-6-2-4-8-23(21)18-26)27-17-13-22-7-3-5-9-24(22)19-27/h2-4,6-8,10-19H,1H3. The number of hydrogen-bond acceptors (Lipinski definition) is 1. The van der Waals surface area contributed by atoms with Gasteiger partial charge in [-0.2, -0.15) is 0 Å². The normalized spacial score (nSPS) is 10.8. The molecular weight excluding hydrogens is 338 g/mol. The summed E-state index contributed by atoms with van der Waals surface area (Å²) in [6, 6.07) is 40.6. The van der Waals surface area contributed by atoms with Crippen molar-refractivity contribution in [3.05, 3.63) is 115 Å². The second-order valence-electron chi connectivity index (χ2n) is 7.08. The number of aryl methyl sites for hydroxylation is 1. The highest BCUT2D eigenvalue weighted by Crippen LogP contribution is 2.37. The van der Waals surface area contributed by atoms with Crippen LogP contribution in [0.5, 0.6) is 0 Å². The zero-order valence-corrected chi connectivity index (χ0v) is 15.7. The molecule has 0 aromatic heterocycles. The first-order chi connectivity index (χ1) is 13.8. The molecule has 132 valence electrons. The fourth-order valence-electron chi connectivity index (χ4n) is 3.64. The number of hydrogen-bond donors (Lipinski definition) is 0. The van der Waals surface area contributed by atoms with Gasteiger partial charge in [0.25, 0.3) is 0 Å². The molecule has 0 amide bonds. The summed E-state index contributed by atoms with van der Waals surface area (Å²) in [6.45, 7) is 2.12. The van der Waals surface area contributed by atoms with Crippen LogP contribution in [0.15, 0.2) is 97.1 Å². The lowest BCUT2D eigenvalue weighted by molar-refractivity contribution is 1.28. The van der Waals surface area contributed by atoms with Crippen LogP contribution in [0.4, 0.5) is 17.1 Å². The summed E-state index contributed by atoms with van der Waals surface area (Å²) in [5, 5.41) is 4.72. The minimum atomic E-state index is 1.07. The predicted molar refractivity (Wildman–Crippen MR) is 119 cm³/mol. The first-order valence-electron chi connectivity index (χ1n) is 9.46. The lowest BCUT2D eigenvalue weighted by atomic mass is 10.1. The van der Waals surface area contributed by atoms with Gasteiger partial charge in [0, 0.05) is 22.4 Å². The van der Waals surface area contributed by atoms with Crippen LogP contribution in [0.1, 0.15) is 5.56 Å². The van der Waals surface area contributed by atoms with Gasteiger partial charge in [-0.15, -0.1) is 0 Å². The van der Waals surface area contributed by atoms with Crippen LogP contribution in [0, 0.1) is 19.1 Å². The molecule has 0 atom stereocenters. The van der Waals surface area contributed by atoms with Crippen LogP contribution in [-0.4, -0.2) is 0 Å². The first kappa shape index (κ1) is 16.4. The molecule has 0 unspecified atom stereocenters. The lowest BCUT2D eigenvalue weighted by Crippen LogP contribution is -2.09. The van der Waals surface area contributed by atoms with Gasteiger partial charge in [0.1, 0.15) is 0 Å². The van der Waals surface area contributed by atoms with Gasteiger partial charge in [-0.1, -0.05) is 66.2 Å². The van der Waals surface area contributed by atoms with E-state index in [1.807, 2.05) is 6.07 Å². The van der Waals surface area contributed by atoms with Gasteiger partial charge < -0.3 is 4.90 Å². The zero-order chi connectivity index (χ0) is 18.9. The third kappa shape index (κ3) is 2.96. The Labute approximate surface area is 165 Å². The summed E-state index contributed by atoms with van der Waals surface area (Å²) in [6.07, 6.45) is 0. The van der Waals surface area contributed by atoms with Crippen LogP contribution >= 0.6 is 0 Å². The molecule has 0 aliphatic carbocycles. The molecule has 1 nitrogen and oxygen atoms in total. The van der Waals surface area contributed by atoms with E-state index in [1.165, 1.54) is 21.7 Å². The molecule has 5 aromatic carbocycles. The third-order valence-electron chi connectivity index (χ3n) is 5.13. The van der Waals surface area contributed by atoms with Crippen molar-refractivity contribution in [2.45, 2.75) is 6.92 Å². The van der Waals surface area contributed by atoms with E-state index < -0.39 is 0 Å². The van der Waals surface area contributed by atoms with Gasteiger partial charge in [0.15, 0.2) is 0 Å². The monoisotopic (exact) mass is 357 g/mol. The van der Waals surface area contributed by atoms with Crippen molar-refractivity contribution in [1.29, 1.82) is 0 Å². The molecule has 0 aliphatic heterocycles. The fourth-order valence-corrected chi connectivity index (χ4v) is 3.64. The van der Waals surface area contributed by atoms with E-state index in [0.29, 0.717) is 0 Å². The quantitative estimate of drug-likeness (QED) is 0.326. The third-order valence-corrected chi connectivity index (χ3v) is 5.13. The summed E-state index contributed by atoms with van der Waals surface area (Å²) >= 11 is 0. The summed E-state index contributed by atoms with van der Waals surface area (Å²) in [7, 11) is 0. The van der Waals surface area contributed by atoms with E-state index >= 15 is 0 Å². The van der Waals surface area contributed by atoms with E-state index in [9.17, 15) is 0 Å². The van der Waals surface area contributed by atoms with Crippen LogP contribution in [0.25, 0.3) is 21.5 Å². The number of fused-ring (bicyclic) bond motifs is 2. The van der Waals surface area contributed by atoms with Crippen molar-refractivity contribution >= 4 is 38.6 Å². The Morgan fingerprint density at radius 2 is 1.29 bits per heavy atom. The smallest absolute Gasteiger partial charge is 0.0474 e. The Morgan fingerprint density at radius 3 is 2.11 bits per heavy atom. The molecule has 5 aromatic rings. The highest BCUT2D eigenvalue weighted by Gasteiger charge is 2.13. The molecule has 0 aliphatic rings. The molecule has 0 saturated heterocycles. The van der Waals surface area contributed by atoms with E-state index in [-0.39, 0.29) is 0 Å². The van der Waals surface area contributed by atoms with Crippen molar-refractivity contribution < 1.29 is 0 Å². The molecule has 0 saturated carbocycles. The molecular formula is C27H19N. The minimum Gasteiger partial charge on any atom is -0.310 e. The summed E-state index contributed by atoms with van der Waals surface area (Å²) in [4.78, 5) is 2.30. The van der Waals surface area contributed by atoms with Gasteiger partial charge in [-0.05, 0) is 71.6 Å². The maximum Gasteiger partial charge on any atom is 0.0474 e. The van der Waals surface area contributed by atoms with Crippen molar-refractivity contribution in [2.24, 2.45) is 0 Å². The maximum atomic E-state index is 3.24. The second-order valence-corrected chi connectivity index (χ2v) is 7.08. The number of benzene rings is 4. The van der Waals surface area contributed by atoms with E-state index in [4.69, 9.17) is 0 Å². The van der Waals surface area contributed by atoms with E-state index in [2.05, 4.69) is 115 Å². The Hall–Kier alpha value is -3.76. The molecule has 0 fully saturated rings. The van der Waals surface area contributed by atoms with E-state index in [0.717, 1.165) is 22.4 Å². The molecule has 28 heavy (non-hydrogen) atoms. The average Bonchev–Trinajstić information content (AvgIpc) is 2.75. The summed E-state index contributed by atoms with van der Waals surface area (Å²) in [5.74, 6) is 0. The van der Waals surface area contributed by atoms with Gasteiger partial charge in [0.2, 0.25) is 0 Å². The topological polar surface area (TPSA) is 3.24 Å². The molecule has 1 heteroatoms. The van der Waals surface area contributed by atoms with Crippen LogP contribution in [0.3, 0.4) is 0 Å². The summed E-state index contributed by atoms with van der Waals surface area (Å²) in [5.41, 5.74) is 4.65. The van der Waals surface area contributed by atoms with E-state index in [1.54, 1.807) is 0 Å². The largest absolute Gasteiger partial charge is 0.310 e. The predicted octanol–water partition coefficient (Wildman–Crippen LogP) is 7.37. The molecule has 0 radical (unpaired) electrons. The molecule has 5 rings (SSSR count). The van der Waals surface area contributed by atoms with Crippen molar-refractivity contribution in [1.82, 2.24) is 0 Å². The number of rotatable bonds is 3. The first-order valence-corrected chi connectivity index (χ1v) is 9.46. The fraction of sp³-hybridized carbons (Fsp3) is 0.0370. The Balaban J connectivity index is 1.72. The lowest BCUT2D eigenvalue weighted by Gasteiger charge is -2.26. The van der Waals surface area contributed by atoms with Crippen LogP contribution in [-0.2, 0) is 0 Å². The molecule has 0 bridgehead atoms. The van der Waals surface area contributed by atoms with Gasteiger partial charge in [-0.25, -0.2) is 0 Å². The summed E-state index contributed by atoms with van der Waals surface area (Å²) < 4.78 is 0. The van der Waals surface area contributed by atoms with Crippen molar-refractivity contribution in [2.75, 3.05) is 4.90 Å². The highest BCUT2D eigenvalue weighted by molar-refractivity contribution is 5.91. The Kier molecular flexibility index (Phi) is 3.96. The highest BCUT2D eigenvalue weighted by atomic mass is 15.1. The Bertz CT molecular complexity index is 1190. The molecule has 0 N–H and O–H groups in total. The SMILES string of the molecule is Cc1ccc(N(c2ccc3ccc#cc3c2)c2ccc3ccccc3c2)cc1. The molecule has 0 heterocycles.